The number of fused-ring (bicyclic) bond motifs is 1. The molecule has 3 aromatic rings. The highest BCUT2D eigenvalue weighted by Gasteiger charge is 2.16. The number of aliphatic hydroxyl groups is 1. The van der Waals surface area contributed by atoms with Crippen LogP contribution in [0.1, 0.15) is 25.8 Å². The molecular formula is C20H24ClN5O4. The molecule has 9 nitrogen and oxygen atoms in total. The predicted molar refractivity (Wildman–Crippen MR) is 114 cm³/mol. The summed E-state index contributed by atoms with van der Waals surface area (Å²) in [5.41, 5.74) is 1.89. The summed E-state index contributed by atoms with van der Waals surface area (Å²) >= 11 is 6.29. The van der Waals surface area contributed by atoms with Gasteiger partial charge >= 0.3 is 6.03 Å². The highest BCUT2D eigenvalue weighted by Crippen LogP contribution is 2.34. The molecule has 1 unspecified atom stereocenters. The Morgan fingerprint density at radius 2 is 2.20 bits per heavy atom. The summed E-state index contributed by atoms with van der Waals surface area (Å²) in [7, 11) is 0. The van der Waals surface area contributed by atoms with Crippen LogP contribution >= 0.6 is 11.6 Å². The molecule has 3 N–H and O–H groups in total. The standard InChI is InChI=1S/C20H24ClN5O4/c1-4-7-22-20(28)25-16-6-5-14(8-15(16)21)30-19-18-13(3)17(29-10-12(2)27)9-26(18)24-11-23-19/h5-6,8-9,11-12,27H,4,7,10H2,1-3H3,(H2,22,25,28). The first kappa shape index (κ1) is 21.7. The molecule has 30 heavy (non-hydrogen) atoms. The molecule has 160 valence electrons. The van der Waals surface area contributed by atoms with Crippen molar-refractivity contribution in [2.45, 2.75) is 33.3 Å². The average Bonchev–Trinajstić information content (AvgIpc) is 3.03. The van der Waals surface area contributed by atoms with Crippen LogP contribution in [-0.2, 0) is 0 Å². The molecule has 0 saturated carbocycles. The largest absolute Gasteiger partial charge is 0.489 e. The lowest BCUT2D eigenvalue weighted by molar-refractivity contribution is 0.122. The van der Waals surface area contributed by atoms with Gasteiger partial charge in [-0.05, 0) is 32.4 Å². The molecule has 0 radical (unpaired) electrons. The predicted octanol–water partition coefficient (Wildman–Crippen LogP) is 3.77. The van der Waals surface area contributed by atoms with Crippen LogP contribution in [0.2, 0.25) is 5.02 Å². The fraction of sp³-hybridized carbons (Fsp3) is 0.350. The minimum atomic E-state index is -0.590. The minimum absolute atomic E-state index is 0.164. The summed E-state index contributed by atoms with van der Waals surface area (Å²) in [5.74, 6) is 1.36. The monoisotopic (exact) mass is 433 g/mol. The number of amides is 2. The number of ether oxygens (including phenoxy) is 2. The molecule has 0 spiro atoms. The van der Waals surface area contributed by atoms with E-state index in [0.29, 0.717) is 40.2 Å². The average molecular weight is 434 g/mol. The van der Waals surface area contributed by atoms with Crippen molar-refractivity contribution in [1.29, 1.82) is 0 Å². The summed E-state index contributed by atoms with van der Waals surface area (Å²) in [5, 5.41) is 19.4. The van der Waals surface area contributed by atoms with Crippen molar-refractivity contribution in [2.75, 3.05) is 18.5 Å². The van der Waals surface area contributed by atoms with Crippen molar-refractivity contribution in [2.24, 2.45) is 0 Å². The normalized spacial score (nSPS) is 11.9. The van der Waals surface area contributed by atoms with Gasteiger partial charge in [-0.3, -0.25) is 0 Å². The molecule has 3 rings (SSSR count). The number of rotatable bonds is 8. The fourth-order valence-corrected chi connectivity index (χ4v) is 2.93. The van der Waals surface area contributed by atoms with E-state index in [1.165, 1.54) is 6.33 Å². The van der Waals surface area contributed by atoms with Gasteiger partial charge in [0.2, 0.25) is 5.88 Å². The van der Waals surface area contributed by atoms with E-state index in [2.05, 4.69) is 20.7 Å². The number of halogens is 1. The number of urea groups is 1. The molecule has 2 aromatic heterocycles. The number of nitrogens with zero attached hydrogens (tertiary/aromatic N) is 3. The van der Waals surface area contributed by atoms with E-state index in [4.69, 9.17) is 21.1 Å². The highest BCUT2D eigenvalue weighted by atomic mass is 35.5. The Kier molecular flexibility index (Phi) is 6.96. The fourth-order valence-electron chi connectivity index (χ4n) is 2.71. The van der Waals surface area contributed by atoms with Crippen LogP contribution in [-0.4, -0.2) is 45.0 Å². The number of carbonyl (C=O) groups is 1. The Labute approximate surface area is 179 Å². The lowest BCUT2D eigenvalue weighted by Crippen LogP contribution is -2.29. The molecular weight excluding hydrogens is 410 g/mol. The van der Waals surface area contributed by atoms with Crippen LogP contribution < -0.4 is 20.1 Å². The van der Waals surface area contributed by atoms with Crippen LogP contribution in [0, 0.1) is 6.92 Å². The van der Waals surface area contributed by atoms with Gasteiger partial charge in [-0.1, -0.05) is 18.5 Å². The Balaban J connectivity index is 1.80. The first-order valence-electron chi connectivity index (χ1n) is 9.55. The van der Waals surface area contributed by atoms with Crippen LogP contribution in [0.4, 0.5) is 10.5 Å². The van der Waals surface area contributed by atoms with Gasteiger partial charge in [0, 0.05) is 18.2 Å². The Morgan fingerprint density at radius 3 is 2.90 bits per heavy atom. The van der Waals surface area contributed by atoms with Gasteiger partial charge in [-0.25, -0.2) is 9.31 Å². The molecule has 0 aliphatic heterocycles. The molecule has 0 fully saturated rings. The number of nitrogens with one attached hydrogen (secondary N) is 2. The lowest BCUT2D eigenvalue weighted by Gasteiger charge is -2.11. The Hall–Kier alpha value is -3.04. The molecule has 0 aliphatic rings. The number of hydrogen-bond donors (Lipinski definition) is 3. The molecule has 1 atom stereocenters. The zero-order valence-corrected chi connectivity index (χ0v) is 17.7. The van der Waals surface area contributed by atoms with Gasteiger partial charge in [0.1, 0.15) is 29.9 Å². The lowest BCUT2D eigenvalue weighted by atomic mass is 10.3. The molecule has 2 heterocycles. The number of benzene rings is 1. The van der Waals surface area contributed by atoms with Crippen molar-refractivity contribution in [3.8, 4) is 17.4 Å². The topological polar surface area (TPSA) is 110 Å². The second-order valence-corrected chi connectivity index (χ2v) is 7.17. The summed E-state index contributed by atoms with van der Waals surface area (Å²) in [4.78, 5) is 16.0. The second kappa shape index (κ2) is 9.64. The third kappa shape index (κ3) is 5.11. The van der Waals surface area contributed by atoms with E-state index in [1.807, 2.05) is 13.8 Å². The zero-order valence-electron chi connectivity index (χ0n) is 17.0. The summed E-state index contributed by atoms with van der Waals surface area (Å²) < 4.78 is 13.2. The maximum absolute atomic E-state index is 11.8. The maximum Gasteiger partial charge on any atom is 0.319 e. The SMILES string of the molecule is CCCNC(=O)Nc1ccc(Oc2ncnn3cc(OCC(C)O)c(C)c23)cc1Cl. The van der Waals surface area contributed by atoms with Crippen molar-refractivity contribution in [1.82, 2.24) is 19.9 Å². The summed E-state index contributed by atoms with van der Waals surface area (Å²) in [6.45, 7) is 6.22. The van der Waals surface area contributed by atoms with E-state index in [0.717, 1.165) is 12.0 Å². The Morgan fingerprint density at radius 1 is 1.40 bits per heavy atom. The van der Waals surface area contributed by atoms with E-state index >= 15 is 0 Å². The number of anilines is 1. The molecule has 0 aliphatic carbocycles. The van der Waals surface area contributed by atoms with Crippen molar-refractivity contribution >= 4 is 28.8 Å². The van der Waals surface area contributed by atoms with Crippen molar-refractivity contribution < 1.29 is 19.4 Å². The van der Waals surface area contributed by atoms with E-state index < -0.39 is 6.10 Å². The quantitative estimate of drug-likeness (QED) is 0.498. The second-order valence-electron chi connectivity index (χ2n) is 6.76. The van der Waals surface area contributed by atoms with Gasteiger partial charge in [-0.2, -0.15) is 10.1 Å². The van der Waals surface area contributed by atoms with E-state index in [-0.39, 0.29) is 12.6 Å². The maximum atomic E-state index is 11.8. The minimum Gasteiger partial charge on any atom is -0.489 e. The summed E-state index contributed by atoms with van der Waals surface area (Å²) in [6, 6.07) is 4.62. The molecule has 1 aromatic carbocycles. The number of aryl methyl sites for hydroxylation is 1. The first-order valence-corrected chi connectivity index (χ1v) is 9.93. The van der Waals surface area contributed by atoms with Gasteiger partial charge < -0.3 is 25.2 Å². The van der Waals surface area contributed by atoms with E-state index in [9.17, 15) is 9.90 Å². The van der Waals surface area contributed by atoms with Gasteiger partial charge in [0.15, 0.2) is 0 Å². The van der Waals surface area contributed by atoms with Gasteiger partial charge in [-0.15, -0.1) is 0 Å². The van der Waals surface area contributed by atoms with Gasteiger partial charge in [0.05, 0.1) is 23.0 Å². The highest BCUT2D eigenvalue weighted by molar-refractivity contribution is 6.33. The number of carbonyl (C=O) groups excluding carboxylic acids is 1. The van der Waals surface area contributed by atoms with Crippen LogP contribution in [0.25, 0.3) is 5.52 Å². The third-order valence-electron chi connectivity index (χ3n) is 4.17. The van der Waals surface area contributed by atoms with Crippen LogP contribution in [0.5, 0.6) is 17.4 Å². The van der Waals surface area contributed by atoms with Gasteiger partial charge in [0.25, 0.3) is 0 Å². The summed E-state index contributed by atoms with van der Waals surface area (Å²) in [6.07, 6.45) is 3.33. The van der Waals surface area contributed by atoms with E-state index in [1.54, 1.807) is 35.8 Å². The molecule has 10 heteroatoms. The first-order chi connectivity index (χ1) is 14.4. The number of hydrogen-bond acceptors (Lipinski definition) is 6. The smallest absolute Gasteiger partial charge is 0.319 e. The number of aromatic nitrogens is 3. The molecule has 0 saturated heterocycles. The van der Waals surface area contributed by atoms with Crippen molar-refractivity contribution in [3.05, 3.63) is 41.3 Å². The van der Waals surface area contributed by atoms with Crippen molar-refractivity contribution in [3.63, 3.8) is 0 Å². The third-order valence-corrected chi connectivity index (χ3v) is 4.48. The van der Waals surface area contributed by atoms with Crippen LogP contribution in [0.3, 0.4) is 0 Å². The molecule has 2 amide bonds. The number of aliphatic hydroxyl groups excluding tert-OH is 1. The van der Waals surface area contributed by atoms with Crippen LogP contribution in [0.15, 0.2) is 30.7 Å². The molecule has 0 bridgehead atoms. The zero-order chi connectivity index (χ0) is 21.7. The Bertz CT molecular complexity index is 1040.